The zero-order valence-corrected chi connectivity index (χ0v) is 19.5. The number of rotatable bonds is 8. The molecular weight excluding hydrogens is 424 g/mol. The smallest absolute Gasteiger partial charge is 0.261 e. The lowest BCUT2D eigenvalue weighted by Gasteiger charge is -2.14. The Bertz CT molecular complexity index is 1170. The maximum atomic E-state index is 12.8. The highest BCUT2D eigenvalue weighted by atomic mass is 32.2. The van der Waals surface area contributed by atoms with E-state index in [0.717, 1.165) is 17.5 Å². The van der Waals surface area contributed by atoms with E-state index >= 15 is 0 Å². The van der Waals surface area contributed by atoms with Crippen molar-refractivity contribution < 1.29 is 17.9 Å². The van der Waals surface area contributed by atoms with Crippen molar-refractivity contribution in [3.8, 4) is 5.75 Å². The summed E-state index contributed by atoms with van der Waals surface area (Å²) in [5, 5.41) is 2.78. The highest BCUT2D eigenvalue weighted by Gasteiger charge is 2.17. The molecule has 0 fully saturated rings. The highest BCUT2D eigenvalue weighted by Crippen LogP contribution is 2.24. The number of carbonyl (C=O) groups excluding carboxylic acids is 1. The predicted molar refractivity (Wildman–Crippen MR) is 128 cm³/mol. The monoisotopic (exact) mass is 452 g/mol. The third kappa shape index (κ3) is 5.68. The van der Waals surface area contributed by atoms with Gasteiger partial charge in [0.1, 0.15) is 5.75 Å². The molecule has 0 heterocycles. The Balaban J connectivity index is 1.68. The number of para-hydroxylation sites is 1. The minimum Gasteiger partial charge on any atom is -0.491 e. The summed E-state index contributed by atoms with van der Waals surface area (Å²) in [6.07, 6.45) is 1.00. The van der Waals surface area contributed by atoms with Crippen LogP contribution in [0.15, 0.2) is 71.6 Å². The number of hydrogen-bond donors (Lipinski definition) is 2. The summed E-state index contributed by atoms with van der Waals surface area (Å²) < 4.78 is 33.9. The van der Waals surface area contributed by atoms with Gasteiger partial charge in [-0.15, -0.1) is 0 Å². The molecule has 32 heavy (non-hydrogen) atoms. The van der Waals surface area contributed by atoms with Crippen LogP contribution in [0.3, 0.4) is 0 Å². The van der Waals surface area contributed by atoms with Gasteiger partial charge in [0.05, 0.1) is 16.7 Å². The summed E-state index contributed by atoms with van der Waals surface area (Å²) in [6, 6.07) is 18.6. The van der Waals surface area contributed by atoms with Crippen molar-refractivity contribution in [3.05, 3.63) is 83.4 Å². The first-order valence-electron chi connectivity index (χ1n) is 10.5. The van der Waals surface area contributed by atoms with Crippen LogP contribution in [0.4, 0.5) is 11.4 Å². The van der Waals surface area contributed by atoms with Crippen LogP contribution in [0, 0.1) is 13.8 Å². The molecule has 0 spiro atoms. The van der Waals surface area contributed by atoms with E-state index in [1.165, 1.54) is 12.1 Å². The fourth-order valence-electron chi connectivity index (χ4n) is 3.09. The van der Waals surface area contributed by atoms with Crippen molar-refractivity contribution >= 4 is 27.3 Å². The molecule has 0 bridgehead atoms. The second-order valence-corrected chi connectivity index (χ2v) is 9.39. The number of aryl methyl sites for hydroxylation is 2. The Hall–Kier alpha value is -3.32. The molecule has 3 aromatic rings. The Morgan fingerprint density at radius 2 is 1.53 bits per heavy atom. The minimum atomic E-state index is -3.75. The fourth-order valence-corrected chi connectivity index (χ4v) is 4.29. The quantitative estimate of drug-likeness (QED) is 0.470. The largest absolute Gasteiger partial charge is 0.491 e. The van der Waals surface area contributed by atoms with Crippen molar-refractivity contribution in [1.29, 1.82) is 0 Å². The molecule has 0 saturated heterocycles. The summed E-state index contributed by atoms with van der Waals surface area (Å²) in [7, 11) is -3.75. The van der Waals surface area contributed by atoms with E-state index in [1.807, 2.05) is 45.9 Å². The third-order valence-corrected chi connectivity index (χ3v) is 6.53. The maximum absolute atomic E-state index is 12.8. The molecule has 1 atom stereocenters. The zero-order valence-electron chi connectivity index (χ0n) is 18.7. The normalized spacial score (nSPS) is 12.1. The van der Waals surface area contributed by atoms with E-state index in [1.54, 1.807) is 36.4 Å². The first-order chi connectivity index (χ1) is 15.2. The van der Waals surface area contributed by atoms with Crippen LogP contribution in [0.5, 0.6) is 5.75 Å². The Labute approximate surface area is 189 Å². The number of carbonyl (C=O) groups is 1. The Kier molecular flexibility index (Phi) is 7.20. The average molecular weight is 453 g/mol. The SMILES string of the molecule is CCC(C)Oc1ccc(C(=O)Nc2ccc(S(=O)(=O)Nc3c(C)cccc3C)cc2)cc1. The van der Waals surface area contributed by atoms with Gasteiger partial charge in [0, 0.05) is 11.3 Å². The summed E-state index contributed by atoms with van der Waals surface area (Å²) in [6.45, 7) is 7.74. The molecule has 7 heteroatoms. The molecule has 0 aliphatic heterocycles. The van der Waals surface area contributed by atoms with Gasteiger partial charge in [-0.2, -0.15) is 0 Å². The first-order valence-corrected chi connectivity index (χ1v) is 11.9. The number of nitrogens with one attached hydrogen (secondary N) is 2. The number of ether oxygens (including phenoxy) is 1. The number of hydrogen-bond acceptors (Lipinski definition) is 4. The van der Waals surface area contributed by atoms with E-state index < -0.39 is 10.0 Å². The first kappa shape index (κ1) is 23.3. The molecule has 1 amide bonds. The summed E-state index contributed by atoms with van der Waals surface area (Å²) in [4.78, 5) is 12.6. The van der Waals surface area contributed by atoms with Gasteiger partial charge in [-0.05, 0) is 86.8 Å². The van der Waals surface area contributed by atoms with Crippen LogP contribution in [0.1, 0.15) is 41.8 Å². The van der Waals surface area contributed by atoms with Crippen molar-refractivity contribution in [2.75, 3.05) is 10.0 Å². The van der Waals surface area contributed by atoms with Gasteiger partial charge in [-0.1, -0.05) is 25.1 Å². The van der Waals surface area contributed by atoms with Crippen LogP contribution in [-0.4, -0.2) is 20.4 Å². The second-order valence-electron chi connectivity index (χ2n) is 7.71. The van der Waals surface area contributed by atoms with Gasteiger partial charge in [-0.3, -0.25) is 9.52 Å². The average Bonchev–Trinajstić information content (AvgIpc) is 2.77. The molecule has 3 aromatic carbocycles. The fraction of sp³-hybridized carbons (Fsp3) is 0.240. The molecule has 0 radical (unpaired) electrons. The van der Waals surface area contributed by atoms with E-state index in [0.29, 0.717) is 22.7 Å². The van der Waals surface area contributed by atoms with Crippen LogP contribution < -0.4 is 14.8 Å². The second kappa shape index (κ2) is 9.87. The summed E-state index contributed by atoms with van der Waals surface area (Å²) in [5.41, 5.74) is 3.25. The van der Waals surface area contributed by atoms with Crippen molar-refractivity contribution in [2.24, 2.45) is 0 Å². The van der Waals surface area contributed by atoms with Crippen LogP contribution in [0.2, 0.25) is 0 Å². The van der Waals surface area contributed by atoms with E-state index in [9.17, 15) is 13.2 Å². The van der Waals surface area contributed by atoms with Gasteiger partial charge >= 0.3 is 0 Å². The molecule has 168 valence electrons. The lowest BCUT2D eigenvalue weighted by Crippen LogP contribution is -2.15. The molecule has 3 rings (SSSR count). The van der Waals surface area contributed by atoms with Crippen molar-refractivity contribution in [2.45, 2.75) is 45.1 Å². The molecule has 0 aliphatic rings. The predicted octanol–water partition coefficient (Wildman–Crippen LogP) is 5.53. The summed E-state index contributed by atoms with van der Waals surface area (Å²) >= 11 is 0. The molecule has 0 aromatic heterocycles. The molecule has 1 unspecified atom stereocenters. The lowest BCUT2D eigenvalue weighted by molar-refractivity contribution is 0.102. The van der Waals surface area contributed by atoms with Gasteiger partial charge in [0.2, 0.25) is 0 Å². The zero-order chi connectivity index (χ0) is 23.3. The molecular formula is C25H28N2O4S. The number of amides is 1. The molecule has 0 aliphatic carbocycles. The lowest BCUT2D eigenvalue weighted by atomic mass is 10.1. The third-order valence-electron chi connectivity index (χ3n) is 5.17. The standard InChI is InChI=1S/C25H28N2O4S/c1-5-19(4)31-22-13-9-20(10-14-22)25(28)26-21-11-15-23(16-12-21)32(29,30)27-24-17(2)7-6-8-18(24)3/h6-16,19,27H,5H2,1-4H3,(H,26,28). The maximum Gasteiger partial charge on any atom is 0.261 e. The van der Waals surface area contributed by atoms with E-state index in [4.69, 9.17) is 4.74 Å². The minimum absolute atomic E-state index is 0.105. The number of sulfonamides is 1. The van der Waals surface area contributed by atoms with Gasteiger partial charge in [0.25, 0.3) is 15.9 Å². The Morgan fingerprint density at radius 1 is 0.938 bits per heavy atom. The van der Waals surface area contributed by atoms with Crippen molar-refractivity contribution in [1.82, 2.24) is 0 Å². The van der Waals surface area contributed by atoms with Crippen LogP contribution in [0.25, 0.3) is 0 Å². The van der Waals surface area contributed by atoms with Crippen molar-refractivity contribution in [3.63, 3.8) is 0 Å². The number of anilines is 2. The molecule has 0 saturated carbocycles. The van der Waals surface area contributed by atoms with E-state index in [-0.39, 0.29) is 16.9 Å². The van der Waals surface area contributed by atoms with Gasteiger partial charge < -0.3 is 10.1 Å². The molecule has 6 nitrogen and oxygen atoms in total. The van der Waals surface area contributed by atoms with Crippen LogP contribution in [-0.2, 0) is 10.0 Å². The topological polar surface area (TPSA) is 84.5 Å². The summed E-state index contributed by atoms with van der Waals surface area (Å²) in [5.74, 6) is 0.422. The highest BCUT2D eigenvalue weighted by molar-refractivity contribution is 7.92. The van der Waals surface area contributed by atoms with Crippen LogP contribution >= 0.6 is 0 Å². The number of benzene rings is 3. The van der Waals surface area contributed by atoms with Gasteiger partial charge in [0.15, 0.2) is 0 Å². The van der Waals surface area contributed by atoms with Gasteiger partial charge in [-0.25, -0.2) is 8.42 Å². The molecule has 2 N–H and O–H groups in total. The Morgan fingerprint density at radius 3 is 2.09 bits per heavy atom. The van der Waals surface area contributed by atoms with E-state index in [2.05, 4.69) is 10.0 Å².